The summed E-state index contributed by atoms with van der Waals surface area (Å²) in [5.41, 5.74) is 6.23. The Labute approximate surface area is 141 Å². The molecule has 3 rings (SSSR count). The minimum Gasteiger partial charge on any atom is -0.384 e. The number of nitrogens with zero attached hydrogens (tertiary/aromatic N) is 1. The Hall–Kier alpha value is -3.46. The van der Waals surface area contributed by atoms with Gasteiger partial charge in [-0.05, 0) is 24.3 Å². The lowest BCUT2D eigenvalue weighted by Crippen LogP contribution is -2.24. The number of benzene rings is 1. The Kier molecular flexibility index (Phi) is 4.07. The summed E-state index contributed by atoms with van der Waals surface area (Å²) in [6, 6.07) is 7.34. The predicted molar refractivity (Wildman–Crippen MR) is 88.8 cm³/mol. The van der Waals surface area contributed by atoms with Crippen LogP contribution in [0.4, 0.5) is 11.5 Å². The van der Waals surface area contributed by atoms with Crippen molar-refractivity contribution in [3.8, 4) is 5.69 Å². The number of hydrogen-bond acceptors (Lipinski definition) is 6. The van der Waals surface area contributed by atoms with Crippen LogP contribution in [0, 0.1) is 0 Å². The second-order valence-electron chi connectivity index (χ2n) is 5.30. The molecule has 1 aliphatic heterocycles. The summed E-state index contributed by atoms with van der Waals surface area (Å²) >= 11 is 0. The minimum atomic E-state index is -0.646. The Morgan fingerprint density at radius 1 is 1.20 bits per heavy atom. The minimum absolute atomic E-state index is 0.0259. The van der Waals surface area contributed by atoms with Gasteiger partial charge in [-0.25, -0.2) is 0 Å². The Bertz CT molecular complexity index is 946. The first kappa shape index (κ1) is 16.4. The van der Waals surface area contributed by atoms with E-state index in [2.05, 4.69) is 10.6 Å². The maximum Gasteiger partial charge on any atom is 0.262 e. The molecular weight excluding hydrogens is 328 g/mol. The van der Waals surface area contributed by atoms with Gasteiger partial charge in [0.2, 0.25) is 5.91 Å². The second-order valence-corrected chi connectivity index (χ2v) is 5.30. The van der Waals surface area contributed by atoms with Crippen molar-refractivity contribution >= 4 is 29.2 Å². The van der Waals surface area contributed by atoms with Gasteiger partial charge in [-0.3, -0.25) is 29.1 Å². The number of rotatable bonds is 4. The number of nitrogen functional groups attached to an aromatic ring is 1. The molecule has 3 amide bonds. The molecule has 1 aliphatic rings. The topological polar surface area (TPSA) is 133 Å². The highest BCUT2D eigenvalue weighted by Crippen LogP contribution is 2.23. The number of carbonyl (C=O) groups is 3. The van der Waals surface area contributed by atoms with Gasteiger partial charge in [0.05, 0.1) is 16.8 Å². The molecule has 128 valence electrons. The molecule has 0 radical (unpaired) electrons. The van der Waals surface area contributed by atoms with E-state index in [1.807, 2.05) is 0 Å². The molecule has 9 heteroatoms. The summed E-state index contributed by atoms with van der Waals surface area (Å²) in [4.78, 5) is 47.3. The van der Waals surface area contributed by atoms with Gasteiger partial charge in [-0.1, -0.05) is 0 Å². The Morgan fingerprint density at radius 2 is 1.88 bits per heavy atom. The predicted octanol–water partition coefficient (Wildman–Crippen LogP) is -0.112. The number of ether oxygens (including phenoxy) is 1. The first-order valence-corrected chi connectivity index (χ1v) is 7.23. The zero-order valence-corrected chi connectivity index (χ0v) is 13.2. The van der Waals surface area contributed by atoms with Gasteiger partial charge in [0.15, 0.2) is 0 Å². The highest BCUT2D eigenvalue weighted by atomic mass is 16.5. The molecule has 2 aromatic rings. The maximum atomic E-state index is 12.3. The third-order valence-corrected chi connectivity index (χ3v) is 3.64. The fourth-order valence-electron chi connectivity index (χ4n) is 2.57. The van der Waals surface area contributed by atoms with Crippen LogP contribution in [0.3, 0.4) is 0 Å². The quantitative estimate of drug-likeness (QED) is 0.664. The van der Waals surface area contributed by atoms with Crippen LogP contribution in [0.5, 0.6) is 0 Å². The smallest absolute Gasteiger partial charge is 0.262 e. The number of hydrogen-bond donors (Lipinski definition) is 3. The molecule has 9 nitrogen and oxygen atoms in total. The standard InChI is InChI=1S/C16H14N4O5/c1-25-7-11(21)18-8-2-4-9(5-3-8)20-12(22)6-10-13(14(20)17)16(24)19-15(10)23/h2-6H,7,17H2,1H3,(H,18,21)(H,19,23,24). The molecule has 25 heavy (non-hydrogen) atoms. The van der Waals surface area contributed by atoms with E-state index in [4.69, 9.17) is 10.5 Å². The number of pyridine rings is 1. The lowest BCUT2D eigenvalue weighted by atomic mass is 10.1. The largest absolute Gasteiger partial charge is 0.384 e. The number of amides is 3. The van der Waals surface area contributed by atoms with Crippen molar-refractivity contribution in [1.29, 1.82) is 0 Å². The van der Waals surface area contributed by atoms with Crippen LogP contribution in [0.15, 0.2) is 35.1 Å². The van der Waals surface area contributed by atoms with Crippen molar-refractivity contribution in [1.82, 2.24) is 9.88 Å². The average Bonchev–Trinajstić information content (AvgIpc) is 2.83. The van der Waals surface area contributed by atoms with E-state index in [0.29, 0.717) is 11.4 Å². The summed E-state index contributed by atoms with van der Waals surface area (Å²) in [5.74, 6) is -1.73. The zero-order chi connectivity index (χ0) is 18.1. The number of anilines is 2. The fourth-order valence-corrected chi connectivity index (χ4v) is 2.57. The summed E-state index contributed by atoms with van der Waals surface area (Å²) in [6.07, 6.45) is 0. The van der Waals surface area contributed by atoms with E-state index in [9.17, 15) is 19.2 Å². The summed E-state index contributed by atoms with van der Waals surface area (Å²) in [7, 11) is 1.41. The number of nitrogens with two attached hydrogens (primary N) is 1. The van der Waals surface area contributed by atoms with E-state index >= 15 is 0 Å². The molecule has 0 saturated carbocycles. The normalized spacial score (nSPS) is 12.7. The molecule has 0 bridgehead atoms. The van der Waals surface area contributed by atoms with E-state index in [-0.39, 0.29) is 29.5 Å². The molecule has 0 atom stereocenters. The third kappa shape index (κ3) is 2.88. The number of imide groups is 1. The van der Waals surface area contributed by atoms with E-state index < -0.39 is 17.4 Å². The average molecular weight is 342 g/mol. The van der Waals surface area contributed by atoms with Crippen molar-refractivity contribution in [2.24, 2.45) is 0 Å². The number of aromatic nitrogens is 1. The third-order valence-electron chi connectivity index (χ3n) is 3.64. The molecule has 1 aromatic carbocycles. The van der Waals surface area contributed by atoms with E-state index in [1.54, 1.807) is 24.3 Å². The van der Waals surface area contributed by atoms with Gasteiger partial charge in [0.25, 0.3) is 17.4 Å². The molecular formula is C16H14N4O5. The van der Waals surface area contributed by atoms with Crippen molar-refractivity contribution in [3.05, 3.63) is 51.8 Å². The van der Waals surface area contributed by atoms with Crippen LogP contribution >= 0.6 is 0 Å². The first-order chi connectivity index (χ1) is 11.9. The van der Waals surface area contributed by atoms with Crippen LogP contribution in [0.25, 0.3) is 5.69 Å². The Balaban J connectivity index is 1.99. The molecule has 1 aromatic heterocycles. The zero-order valence-electron chi connectivity index (χ0n) is 13.2. The van der Waals surface area contributed by atoms with Crippen LogP contribution < -0.4 is 21.9 Å². The number of nitrogens with one attached hydrogen (secondary N) is 2. The van der Waals surface area contributed by atoms with Crippen molar-refractivity contribution in [3.63, 3.8) is 0 Å². The van der Waals surface area contributed by atoms with Gasteiger partial charge >= 0.3 is 0 Å². The van der Waals surface area contributed by atoms with Crippen molar-refractivity contribution in [2.45, 2.75) is 0 Å². The second kappa shape index (κ2) is 6.21. The van der Waals surface area contributed by atoms with Gasteiger partial charge < -0.3 is 15.8 Å². The Morgan fingerprint density at radius 3 is 2.52 bits per heavy atom. The monoisotopic (exact) mass is 342 g/mol. The molecule has 2 heterocycles. The highest BCUT2D eigenvalue weighted by molar-refractivity contribution is 6.23. The van der Waals surface area contributed by atoms with Gasteiger partial charge in [0.1, 0.15) is 12.4 Å². The number of methoxy groups -OCH3 is 1. The molecule has 0 aliphatic carbocycles. The van der Waals surface area contributed by atoms with Crippen molar-refractivity contribution in [2.75, 3.05) is 24.8 Å². The summed E-state index contributed by atoms with van der Waals surface area (Å²) in [6.45, 7) is -0.0812. The SMILES string of the molecule is COCC(=O)Nc1ccc(-n2c(N)c3c(cc2=O)C(=O)NC3=O)cc1. The van der Waals surface area contributed by atoms with Crippen LogP contribution in [-0.2, 0) is 9.53 Å². The molecule has 4 N–H and O–H groups in total. The number of fused-ring (bicyclic) bond motifs is 1. The van der Waals surface area contributed by atoms with Gasteiger partial charge in [-0.2, -0.15) is 0 Å². The molecule has 0 spiro atoms. The van der Waals surface area contributed by atoms with Crippen LogP contribution in [0.2, 0.25) is 0 Å². The maximum absolute atomic E-state index is 12.3. The summed E-state index contributed by atoms with van der Waals surface area (Å²) in [5, 5.41) is 4.72. The van der Waals surface area contributed by atoms with Crippen molar-refractivity contribution < 1.29 is 19.1 Å². The lowest BCUT2D eigenvalue weighted by Gasteiger charge is -2.12. The molecule has 0 unspecified atom stereocenters. The van der Waals surface area contributed by atoms with E-state index in [0.717, 1.165) is 10.6 Å². The van der Waals surface area contributed by atoms with Gasteiger partial charge in [0, 0.05) is 18.9 Å². The van der Waals surface area contributed by atoms with E-state index in [1.165, 1.54) is 7.11 Å². The van der Waals surface area contributed by atoms with Crippen LogP contribution in [0.1, 0.15) is 20.7 Å². The lowest BCUT2D eigenvalue weighted by molar-refractivity contribution is -0.119. The fraction of sp³-hybridized carbons (Fsp3) is 0.125. The van der Waals surface area contributed by atoms with Crippen LogP contribution in [-0.4, -0.2) is 36.0 Å². The first-order valence-electron chi connectivity index (χ1n) is 7.23. The number of carbonyl (C=O) groups excluding carboxylic acids is 3. The molecule has 0 saturated heterocycles. The molecule has 0 fully saturated rings. The summed E-state index contributed by atoms with van der Waals surface area (Å²) < 4.78 is 5.85. The van der Waals surface area contributed by atoms with Gasteiger partial charge in [-0.15, -0.1) is 0 Å². The highest BCUT2D eigenvalue weighted by Gasteiger charge is 2.31.